The van der Waals surface area contributed by atoms with Crippen molar-refractivity contribution in [2.75, 3.05) is 13.1 Å². The lowest BCUT2D eigenvalue weighted by molar-refractivity contribution is 0.185. The molecule has 0 aromatic carbocycles. The van der Waals surface area contributed by atoms with Crippen LogP contribution in [0.3, 0.4) is 0 Å². The van der Waals surface area contributed by atoms with Gasteiger partial charge in [0.1, 0.15) is 12.3 Å². The van der Waals surface area contributed by atoms with E-state index in [1.807, 2.05) is 0 Å². The number of hydrogen-bond acceptors (Lipinski definition) is 2. The lowest BCUT2D eigenvalue weighted by Crippen LogP contribution is -2.43. The average molecular weight is 222 g/mol. The van der Waals surface area contributed by atoms with Crippen LogP contribution < -0.4 is 10.6 Å². The van der Waals surface area contributed by atoms with Crippen LogP contribution in [-0.4, -0.2) is 47.3 Å². The van der Waals surface area contributed by atoms with Gasteiger partial charge in [-0.15, -0.1) is 13.2 Å². The van der Waals surface area contributed by atoms with Crippen molar-refractivity contribution in [1.29, 1.82) is 0 Å². The van der Waals surface area contributed by atoms with Crippen molar-refractivity contribution in [1.82, 2.24) is 20.4 Å². The summed E-state index contributed by atoms with van der Waals surface area (Å²) < 4.78 is 0. The fourth-order valence-corrected chi connectivity index (χ4v) is 2.03. The van der Waals surface area contributed by atoms with Crippen LogP contribution >= 0.6 is 0 Å². The van der Waals surface area contributed by atoms with Gasteiger partial charge in [-0.2, -0.15) is 0 Å². The third-order valence-corrected chi connectivity index (χ3v) is 2.67. The molecule has 86 valence electrons. The van der Waals surface area contributed by atoms with E-state index in [2.05, 4.69) is 23.8 Å². The summed E-state index contributed by atoms with van der Waals surface area (Å²) in [5.74, 6) is 0. The van der Waals surface area contributed by atoms with Gasteiger partial charge < -0.3 is 10.6 Å². The van der Waals surface area contributed by atoms with E-state index in [1.54, 1.807) is 22.0 Å². The number of nitrogens with zero attached hydrogens (tertiary/aromatic N) is 2. The van der Waals surface area contributed by atoms with E-state index in [4.69, 9.17) is 0 Å². The Bertz CT molecular complexity index is 325. The largest absolute Gasteiger partial charge is 0.324 e. The van der Waals surface area contributed by atoms with Crippen LogP contribution in [0.2, 0.25) is 0 Å². The van der Waals surface area contributed by atoms with Gasteiger partial charge in [0, 0.05) is 13.1 Å². The van der Waals surface area contributed by atoms with Gasteiger partial charge in [0.2, 0.25) is 0 Å². The standard InChI is InChI=1S/C10H14N4O2/c1-3-5-13-7-8(12-9(15)11-7)14(6-4-2)10(13)16/h3-4,7-8H,1-2,5-6H2,(H2,11,12,15)/t7-,8-/m1/s1. The zero-order valence-electron chi connectivity index (χ0n) is 8.85. The van der Waals surface area contributed by atoms with Crippen LogP contribution in [0.15, 0.2) is 25.3 Å². The number of carbonyl (C=O) groups is 2. The van der Waals surface area contributed by atoms with Crippen LogP contribution in [0.25, 0.3) is 0 Å². The zero-order chi connectivity index (χ0) is 11.7. The van der Waals surface area contributed by atoms with Gasteiger partial charge in [-0.1, -0.05) is 12.2 Å². The van der Waals surface area contributed by atoms with E-state index in [0.717, 1.165) is 0 Å². The molecular weight excluding hydrogens is 208 g/mol. The van der Waals surface area contributed by atoms with E-state index in [-0.39, 0.29) is 24.4 Å². The summed E-state index contributed by atoms with van der Waals surface area (Å²) in [6.45, 7) is 8.02. The molecule has 2 rings (SSSR count). The van der Waals surface area contributed by atoms with Gasteiger partial charge in [-0.05, 0) is 0 Å². The van der Waals surface area contributed by atoms with Crippen LogP contribution in [0.1, 0.15) is 0 Å². The Labute approximate surface area is 93.6 Å². The van der Waals surface area contributed by atoms with Crippen molar-refractivity contribution in [3.63, 3.8) is 0 Å². The first-order valence-electron chi connectivity index (χ1n) is 5.05. The molecule has 4 amide bonds. The summed E-state index contributed by atoms with van der Waals surface area (Å²) in [5, 5.41) is 5.40. The van der Waals surface area contributed by atoms with Crippen LogP contribution in [0, 0.1) is 0 Å². The number of amides is 4. The first kappa shape index (κ1) is 10.5. The SMILES string of the molecule is C=CCN1C(=O)N(CC=C)[C@H]2NC(=O)N[C@@H]21. The topological polar surface area (TPSA) is 64.7 Å². The third-order valence-electron chi connectivity index (χ3n) is 2.67. The van der Waals surface area contributed by atoms with Gasteiger partial charge >= 0.3 is 12.1 Å². The maximum absolute atomic E-state index is 12.0. The molecule has 16 heavy (non-hydrogen) atoms. The molecule has 2 fully saturated rings. The molecule has 2 atom stereocenters. The molecule has 2 heterocycles. The van der Waals surface area contributed by atoms with Crippen LogP contribution in [0.4, 0.5) is 9.59 Å². The van der Waals surface area contributed by atoms with Crippen molar-refractivity contribution in [2.24, 2.45) is 0 Å². The summed E-state index contributed by atoms with van der Waals surface area (Å²) >= 11 is 0. The van der Waals surface area contributed by atoms with Gasteiger partial charge in [0.25, 0.3) is 0 Å². The number of fused-ring (bicyclic) bond motifs is 1. The highest BCUT2D eigenvalue weighted by Crippen LogP contribution is 2.22. The molecule has 2 saturated heterocycles. The molecule has 2 N–H and O–H groups in total. The number of urea groups is 2. The smallest absolute Gasteiger partial charge is 0.314 e. The molecule has 2 aliphatic heterocycles. The minimum atomic E-state index is -0.321. The molecule has 0 radical (unpaired) electrons. The highest BCUT2D eigenvalue weighted by atomic mass is 16.2. The Balaban J connectivity index is 2.22. The highest BCUT2D eigenvalue weighted by Gasteiger charge is 2.49. The first-order valence-corrected chi connectivity index (χ1v) is 5.05. The van der Waals surface area contributed by atoms with Gasteiger partial charge in [0.15, 0.2) is 0 Å². The maximum atomic E-state index is 12.0. The van der Waals surface area contributed by atoms with E-state index in [1.165, 1.54) is 0 Å². The molecule has 0 unspecified atom stereocenters. The van der Waals surface area contributed by atoms with Gasteiger partial charge in [-0.3, -0.25) is 9.80 Å². The fourth-order valence-electron chi connectivity index (χ4n) is 2.03. The molecule has 0 aliphatic carbocycles. The third kappa shape index (κ3) is 1.42. The normalized spacial score (nSPS) is 27.5. The monoisotopic (exact) mass is 222 g/mol. The van der Waals surface area contributed by atoms with E-state index < -0.39 is 0 Å². The quantitative estimate of drug-likeness (QED) is 0.661. The molecule has 6 heteroatoms. The molecule has 2 aliphatic rings. The fraction of sp³-hybridized carbons (Fsp3) is 0.400. The molecular formula is C10H14N4O2. The van der Waals surface area contributed by atoms with Crippen LogP contribution in [-0.2, 0) is 0 Å². The number of carbonyl (C=O) groups excluding carboxylic acids is 2. The van der Waals surface area contributed by atoms with Gasteiger partial charge in [-0.25, -0.2) is 9.59 Å². The zero-order valence-corrected chi connectivity index (χ0v) is 8.85. The Morgan fingerprint density at radius 2 is 1.50 bits per heavy atom. The van der Waals surface area contributed by atoms with Crippen molar-refractivity contribution >= 4 is 12.1 Å². The molecule has 6 nitrogen and oxygen atoms in total. The van der Waals surface area contributed by atoms with E-state index in [0.29, 0.717) is 13.1 Å². The number of nitrogens with one attached hydrogen (secondary N) is 2. The number of rotatable bonds is 4. The van der Waals surface area contributed by atoms with Crippen LogP contribution in [0.5, 0.6) is 0 Å². The van der Waals surface area contributed by atoms with Crippen molar-refractivity contribution < 1.29 is 9.59 Å². The lowest BCUT2D eigenvalue weighted by atomic mass is 10.4. The summed E-state index contributed by atoms with van der Waals surface area (Å²) in [4.78, 5) is 26.3. The Hall–Kier alpha value is -1.98. The maximum Gasteiger partial charge on any atom is 0.324 e. The second kappa shape index (κ2) is 3.88. The minimum Gasteiger partial charge on any atom is -0.314 e. The minimum absolute atomic E-state index is 0.123. The number of hydrogen-bond donors (Lipinski definition) is 2. The molecule has 0 aromatic heterocycles. The van der Waals surface area contributed by atoms with Crippen molar-refractivity contribution in [3.8, 4) is 0 Å². The summed E-state index contributed by atoms with van der Waals surface area (Å²) in [5.41, 5.74) is 0. The molecule has 0 aromatic rings. The van der Waals surface area contributed by atoms with E-state index >= 15 is 0 Å². The predicted octanol–water partition coefficient (Wildman–Crippen LogP) is 0.0610. The summed E-state index contributed by atoms with van der Waals surface area (Å²) in [7, 11) is 0. The van der Waals surface area contributed by atoms with Gasteiger partial charge in [0.05, 0.1) is 0 Å². The Kier molecular flexibility index (Phi) is 2.55. The van der Waals surface area contributed by atoms with E-state index in [9.17, 15) is 9.59 Å². The average Bonchev–Trinajstić information content (AvgIpc) is 2.71. The molecule has 0 bridgehead atoms. The highest BCUT2D eigenvalue weighted by molar-refractivity contribution is 5.85. The predicted molar refractivity (Wildman–Crippen MR) is 58.4 cm³/mol. The first-order chi connectivity index (χ1) is 7.69. The second-order valence-electron chi connectivity index (χ2n) is 3.67. The summed E-state index contributed by atoms with van der Waals surface area (Å²) in [6, 6.07) is -0.382. The Morgan fingerprint density at radius 3 is 1.88 bits per heavy atom. The van der Waals surface area contributed by atoms with Crippen molar-refractivity contribution in [3.05, 3.63) is 25.3 Å². The second-order valence-corrected chi connectivity index (χ2v) is 3.67. The lowest BCUT2D eigenvalue weighted by Gasteiger charge is -2.19. The Morgan fingerprint density at radius 1 is 1.06 bits per heavy atom. The summed E-state index contributed by atoms with van der Waals surface area (Å²) in [6.07, 6.45) is 2.63. The molecule has 0 spiro atoms. The van der Waals surface area contributed by atoms with Crippen molar-refractivity contribution in [2.45, 2.75) is 12.3 Å². The molecule has 0 saturated carbocycles.